The van der Waals surface area contributed by atoms with Gasteiger partial charge >= 0.3 is 0 Å². The van der Waals surface area contributed by atoms with Crippen LogP contribution < -0.4 is 10.6 Å². The summed E-state index contributed by atoms with van der Waals surface area (Å²) in [6.07, 6.45) is 17.3. The van der Waals surface area contributed by atoms with Crippen LogP contribution in [-0.4, -0.2) is 66.4 Å². The molecule has 2 saturated heterocycles. The van der Waals surface area contributed by atoms with Gasteiger partial charge in [0.05, 0.1) is 11.7 Å². The van der Waals surface area contributed by atoms with Gasteiger partial charge in [0, 0.05) is 69.2 Å². The summed E-state index contributed by atoms with van der Waals surface area (Å²) in [6.45, 7) is 13.4. The van der Waals surface area contributed by atoms with Gasteiger partial charge in [-0.1, -0.05) is 76.1 Å². The molecule has 0 aromatic heterocycles. The number of rotatable bonds is 12. The third-order valence-corrected chi connectivity index (χ3v) is 16.4. The van der Waals surface area contributed by atoms with Crippen molar-refractivity contribution in [2.45, 2.75) is 142 Å². The summed E-state index contributed by atoms with van der Waals surface area (Å²) in [6, 6.07) is 10.5. The highest BCUT2D eigenvalue weighted by Crippen LogP contribution is 2.87. The van der Waals surface area contributed by atoms with E-state index in [1.807, 2.05) is 18.2 Å². The Kier molecular flexibility index (Phi) is 9.79. The molecule has 284 valence electrons. The fraction of sp³-hybridized carbons (Fsp3) is 0.756. The number of aryl methyl sites for hydroxylation is 1. The number of hydrogen-bond donors (Lipinski definition) is 2. The van der Waals surface area contributed by atoms with Crippen molar-refractivity contribution >= 4 is 17.6 Å². The zero-order valence-corrected chi connectivity index (χ0v) is 32.5. The molecule has 2 N–H and O–H groups in total. The smallest absolute Gasteiger partial charge is 0.220 e. The molecule has 11 atom stereocenters. The SMILES string of the molecule is C[C@H]1C[C@H]2O[C@]3(CC[C@H]4[C@@H]5CC=C6CC(=O)CC[C@]6(C)[C@H]5CC45CC53C)[C@H](C)[C@@H]2N(CCNC(=O)CCCCCNC(=O)CCc2ccccc2)C1. The van der Waals surface area contributed by atoms with Crippen LogP contribution >= 0.6 is 0 Å². The van der Waals surface area contributed by atoms with E-state index in [9.17, 15) is 14.4 Å². The summed E-state index contributed by atoms with van der Waals surface area (Å²) in [5.41, 5.74) is 3.45. The summed E-state index contributed by atoms with van der Waals surface area (Å²) in [7, 11) is 0. The van der Waals surface area contributed by atoms with Gasteiger partial charge < -0.3 is 15.4 Å². The molecular formula is C45H65N3O4. The van der Waals surface area contributed by atoms with E-state index in [0.29, 0.717) is 61.4 Å². The minimum Gasteiger partial charge on any atom is -0.369 e. The largest absolute Gasteiger partial charge is 0.369 e. The van der Waals surface area contributed by atoms with E-state index in [2.05, 4.69) is 61.4 Å². The normalized spacial score (nSPS) is 41.7. The number of nitrogens with zero attached hydrogens (tertiary/aromatic N) is 1. The van der Waals surface area contributed by atoms with Gasteiger partial charge in [-0.3, -0.25) is 19.3 Å². The minimum absolute atomic E-state index is 0.0566. The van der Waals surface area contributed by atoms with Crippen molar-refractivity contribution in [3.05, 3.63) is 47.5 Å². The maximum atomic E-state index is 12.8. The number of hydrogen-bond acceptors (Lipinski definition) is 5. The Morgan fingerprint density at radius 3 is 2.58 bits per heavy atom. The van der Waals surface area contributed by atoms with Crippen LogP contribution in [-0.2, 0) is 25.5 Å². The van der Waals surface area contributed by atoms with Crippen LogP contribution in [0.1, 0.15) is 123 Å². The molecule has 8 rings (SSSR count). The van der Waals surface area contributed by atoms with Crippen molar-refractivity contribution in [3.63, 3.8) is 0 Å². The first-order valence-corrected chi connectivity index (χ1v) is 21.2. The van der Waals surface area contributed by atoms with Crippen LogP contribution in [0, 0.1) is 45.8 Å². The Morgan fingerprint density at radius 1 is 0.962 bits per heavy atom. The molecule has 4 saturated carbocycles. The average molecular weight is 712 g/mol. The summed E-state index contributed by atoms with van der Waals surface area (Å²) < 4.78 is 7.51. The number of nitrogens with one attached hydrogen (secondary N) is 2. The molecule has 6 fully saturated rings. The zero-order valence-electron chi connectivity index (χ0n) is 32.5. The van der Waals surface area contributed by atoms with E-state index >= 15 is 0 Å². The third-order valence-electron chi connectivity index (χ3n) is 16.4. The molecule has 0 bridgehead atoms. The molecule has 0 radical (unpaired) electrons. The number of piperidine rings is 1. The van der Waals surface area contributed by atoms with Gasteiger partial charge in [-0.2, -0.15) is 0 Å². The van der Waals surface area contributed by atoms with Crippen LogP contribution in [0.15, 0.2) is 42.0 Å². The molecule has 1 aromatic carbocycles. The van der Waals surface area contributed by atoms with E-state index in [1.54, 1.807) is 0 Å². The number of allylic oxidation sites excluding steroid dienone is 2. The van der Waals surface area contributed by atoms with Crippen molar-refractivity contribution in [2.24, 2.45) is 45.8 Å². The number of benzene rings is 1. The number of Topliss-reactive ketones (excluding diaryl/α,β-unsaturated/α-hetero) is 1. The lowest BCUT2D eigenvalue weighted by molar-refractivity contribution is -0.148. The van der Waals surface area contributed by atoms with Gasteiger partial charge in [-0.25, -0.2) is 0 Å². The first-order chi connectivity index (χ1) is 25.0. The van der Waals surface area contributed by atoms with Crippen molar-refractivity contribution in [1.82, 2.24) is 15.5 Å². The number of amides is 2. The van der Waals surface area contributed by atoms with E-state index in [-0.39, 0.29) is 34.3 Å². The molecule has 7 nitrogen and oxygen atoms in total. The molecular weight excluding hydrogens is 647 g/mol. The van der Waals surface area contributed by atoms with Gasteiger partial charge in [0.15, 0.2) is 0 Å². The average Bonchev–Trinajstić information content (AvgIpc) is 3.47. The van der Waals surface area contributed by atoms with Crippen molar-refractivity contribution in [1.29, 1.82) is 0 Å². The van der Waals surface area contributed by atoms with Crippen LogP contribution in [0.5, 0.6) is 0 Å². The highest BCUT2D eigenvalue weighted by Gasteiger charge is 2.84. The second-order valence-corrected chi connectivity index (χ2v) is 19.0. The highest BCUT2D eigenvalue weighted by atomic mass is 16.5. The van der Waals surface area contributed by atoms with Crippen LogP contribution in [0.25, 0.3) is 0 Å². The summed E-state index contributed by atoms with van der Waals surface area (Å²) >= 11 is 0. The fourth-order valence-electron chi connectivity index (χ4n) is 13.8. The number of carbonyl (C=O) groups is 3. The van der Waals surface area contributed by atoms with Crippen LogP contribution in [0.2, 0.25) is 0 Å². The van der Waals surface area contributed by atoms with E-state index in [4.69, 9.17) is 4.74 Å². The lowest BCUT2D eigenvalue weighted by atomic mass is 9.56. The summed E-state index contributed by atoms with van der Waals surface area (Å²) in [5.74, 6) is 4.05. The fourth-order valence-corrected chi connectivity index (χ4v) is 13.8. The van der Waals surface area contributed by atoms with Crippen molar-refractivity contribution < 1.29 is 19.1 Å². The number of ether oxygens (including phenoxy) is 1. The number of carbonyl (C=O) groups excluding carboxylic acids is 3. The summed E-state index contributed by atoms with van der Waals surface area (Å²) in [5, 5.41) is 6.28. The highest BCUT2D eigenvalue weighted by molar-refractivity contribution is 5.82. The standard InChI is InChI=1S/C45H65N3O4/c1-30-25-38-41(48(28-30)24-23-47-39(50)13-9-6-10-22-46-40(51)17-14-32-11-7-5-8-12-32)31(2)45(52-38)21-19-36-35-16-15-33-26-34(49)18-20-42(33,3)37(35)27-44(36)29-43(44,45)4/h5,7-8,11-12,15,30-31,35-38,41H,6,9-10,13-14,16-29H2,1-4H3,(H,46,51)(H,47,50)/t30-,31+,35-,36-,37-,38+,41-,42-,43?,44?,45+/m0/s1. The Labute approximate surface area is 312 Å². The molecule has 2 unspecified atom stereocenters. The van der Waals surface area contributed by atoms with Gasteiger partial charge in [0.2, 0.25) is 11.8 Å². The molecule has 7 heteroatoms. The number of likely N-dealkylation sites (tertiary alicyclic amines) is 1. The molecule has 2 aliphatic heterocycles. The van der Waals surface area contributed by atoms with Gasteiger partial charge in [-0.15, -0.1) is 0 Å². The molecule has 52 heavy (non-hydrogen) atoms. The lowest BCUT2D eigenvalue weighted by Crippen LogP contribution is -2.55. The Morgan fingerprint density at radius 2 is 1.75 bits per heavy atom. The Bertz CT molecular complexity index is 1560. The molecule has 2 amide bonds. The molecule has 5 aliphatic carbocycles. The lowest BCUT2D eigenvalue weighted by Gasteiger charge is -2.50. The quantitative estimate of drug-likeness (QED) is 0.174. The van der Waals surface area contributed by atoms with Gasteiger partial charge in [0.25, 0.3) is 0 Å². The zero-order chi connectivity index (χ0) is 36.3. The summed E-state index contributed by atoms with van der Waals surface area (Å²) in [4.78, 5) is 40.2. The second kappa shape index (κ2) is 14.0. The first-order valence-electron chi connectivity index (χ1n) is 21.2. The number of unbranched alkanes of at least 4 members (excludes halogenated alkanes) is 2. The third kappa shape index (κ3) is 6.03. The molecule has 7 aliphatic rings. The molecule has 2 heterocycles. The first kappa shape index (κ1) is 36.5. The minimum atomic E-state index is -0.0566. The topological polar surface area (TPSA) is 87.7 Å². The van der Waals surface area contributed by atoms with Gasteiger partial charge in [-0.05, 0) is 104 Å². The molecule has 1 aromatic rings. The van der Waals surface area contributed by atoms with Crippen molar-refractivity contribution in [3.8, 4) is 0 Å². The van der Waals surface area contributed by atoms with Crippen LogP contribution in [0.4, 0.5) is 0 Å². The van der Waals surface area contributed by atoms with Crippen LogP contribution in [0.3, 0.4) is 0 Å². The monoisotopic (exact) mass is 711 g/mol. The Hall–Kier alpha value is -2.51. The van der Waals surface area contributed by atoms with E-state index < -0.39 is 0 Å². The maximum Gasteiger partial charge on any atom is 0.220 e. The molecule has 2 spiro atoms. The number of ketones is 1. The van der Waals surface area contributed by atoms with E-state index in [1.165, 1.54) is 43.2 Å². The maximum absolute atomic E-state index is 12.8. The predicted molar refractivity (Wildman–Crippen MR) is 204 cm³/mol. The Balaban J connectivity index is 0.813. The van der Waals surface area contributed by atoms with Gasteiger partial charge in [0.1, 0.15) is 5.78 Å². The van der Waals surface area contributed by atoms with Crippen molar-refractivity contribution in [2.75, 3.05) is 26.2 Å². The van der Waals surface area contributed by atoms with E-state index in [0.717, 1.165) is 75.8 Å². The second-order valence-electron chi connectivity index (χ2n) is 19.0. The number of fused-ring (bicyclic) bond motifs is 6. The predicted octanol–water partition coefficient (Wildman–Crippen LogP) is 7.43.